The molecule has 3 heteroatoms. The van der Waals surface area contributed by atoms with Gasteiger partial charge >= 0.3 is 0 Å². The number of unbranched alkanes of at least 4 members (excludes halogenated alkanes) is 4. The predicted octanol–water partition coefficient (Wildman–Crippen LogP) is 9.92. The highest BCUT2D eigenvalue weighted by Gasteiger charge is 2.12. The molecule has 0 aliphatic heterocycles. The molecule has 2 aromatic rings. The molecule has 0 saturated heterocycles. The van der Waals surface area contributed by atoms with Gasteiger partial charge in [-0.2, -0.15) is 10.5 Å². The van der Waals surface area contributed by atoms with E-state index < -0.39 is 0 Å². The Hall–Kier alpha value is -2.23. The van der Waals surface area contributed by atoms with E-state index in [0.29, 0.717) is 0 Å². The van der Waals surface area contributed by atoms with E-state index in [0.717, 1.165) is 51.4 Å². The van der Waals surface area contributed by atoms with Gasteiger partial charge in [-0.05, 0) is 74.6 Å². The van der Waals surface area contributed by atoms with E-state index in [1.54, 1.807) is 0 Å². The maximum atomic E-state index is 9.51. The van der Waals surface area contributed by atoms with Crippen LogP contribution in [0.3, 0.4) is 0 Å². The molecule has 0 heterocycles. The molecular formula is C32H44N2S. The molecule has 2 aromatic carbocycles. The maximum absolute atomic E-state index is 9.51. The number of hydrogen-bond acceptors (Lipinski definition) is 3. The number of benzene rings is 2. The summed E-state index contributed by atoms with van der Waals surface area (Å²) < 4.78 is 0. The number of nitriles is 2. The third kappa shape index (κ3) is 11.4. The molecule has 0 aliphatic rings. The van der Waals surface area contributed by atoms with Crippen molar-refractivity contribution in [2.75, 3.05) is 0 Å². The normalized spacial score (nSPS) is 12.6. The summed E-state index contributed by atoms with van der Waals surface area (Å²) in [5.41, 5.74) is 2.77. The molecule has 2 rings (SSSR count). The van der Waals surface area contributed by atoms with Crippen LogP contribution in [0.1, 0.15) is 102 Å². The van der Waals surface area contributed by atoms with Crippen molar-refractivity contribution in [3.8, 4) is 12.1 Å². The SMILES string of the molecule is CCCCCC(C#N)CCCc1ccccc1Sc1ccccc1CCCC(C#N)CCCCC. The molecular weight excluding hydrogens is 444 g/mol. The van der Waals surface area contributed by atoms with E-state index in [1.807, 2.05) is 11.8 Å². The molecule has 0 fully saturated rings. The van der Waals surface area contributed by atoms with Crippen molar-refractivity contribution in [3.63, 3.8) is 0 Å². The number of hydrogen-bond donors (Lipinski definition) is 0. The Morgan fingerprint density at radius 3 is 1.40 bits per heavy atom. The van der Waals surface area contributed by atoms with Crippen LogP contribution in [-0.2, 0) is 12.8 Å². The molecule has 0 aliphatic carbocycles. The first kappa shape index (κ1) is 29.0. The zero-order valence-corrected chi connectivity index (χ0v) is 22.8. The molecule has 0 spiro atoms. The molecule has 0 saturated carbocycles. The highest BCUT2D eigenvalue weighted by molar-refractivity contribution is 7.99. The number of rotatable bonds is 18. The van der Waals surface area contributed by atoms with Crippen LogP contribution in [0.25, 0.3) is 0 Å². The van der Waals surface area contributed by atoms with E-state index in [1.165, 1.54) is 59.4 Å². The smallest absolute Gasteiger partial charge is 0.0655 e. The second-order valence-electron chi connectivity index (χ2n) is 9.75. The van der Waals surface area contributed by atoms with Crippen LogP contribution < -0.4 is 0 Å². The summed E-state index contributed by atoms with van der Waals surface area (Å²) in [5, 5.41) is 19.0. The van der Waals surface area contributed by atoms with Crippen LogP contribution in [0, 0.1) is 34.5 Å². The first-order valence-electron chi connectivity index (χ1n) is 13.8. The quantitative estimate of drug-likeness (QED) is 0.196. The van der Waals surface area contributed by atoms with E-state index in [4.69, 9.17) is 0 Å². The van der Waals surface area contributed by atoms with Gasteiger partial charge in [0.05, 0.1) is 12.1 Å². The Morgan fingerprint density at radius 1 is 0.600 bits per heavy atom. The fourth-order valence-corrected chi connectivity index (χ4v) is 5.78. The average Bonchev–Trinajstić information content (AvgIpc) is 2.89. The van der Waals surface area contributed by atoms with Crippen molar-refractivity contribution in [2.24, 2.45) is 11.8 Å². The minimum atomic E-state index is 0.196. The fraction of sp³-hybridized carbons (Fsp3) is 0.562. The Balaban J connectivity index is 1.93. The summed E-state index contributed by atoms with van der Waals surface area (Å²) in [7, 11) is 0. The topological polar surface area (TPSA) is 47.6 Å². The lowest BCUT2D eigenvalue weighted by Gasteiger charge is -2.14. The van der Waals surface area contributed by atoms with E-state index in [-0.39, 0.29) is 11.8 Å². The number of aryl methyl sites for hydroxylation is 2. The summed E-state index contributed by atoms with van der Waals surface area (Å²) in [6.07, 6.45) is 15.5. The van der Waals surface area contributed by atoms with Gasteiger partial charge in [-0.25, -0.2) is 0 Å². The molecule has 2 atom stereocenters. The highest BCUT2D eigenvalue weighted by Crippen LogP contribution is 2.34. The Labute approximate surface area is 219 Å². The van der Waals surface area contributed by atoms with Crippen molar-refractivity contribution in [1.29, 1.82) is 10.5 Å². The largest absolute Gasteiger partial charge is 0.198 e. The summed E-state index contributed by atoms with van der Waals surface area (Å²) >= 11 is 1.87. The summed E-state index contributed by atoms with van der Waals surface area (Å²) in [4.78, 5) is 2.66. The van der Waals surface area contributed by atoms with Gasteiger partial charge < -0.3 is 0 Å². The molecule has 2 nitrogen and oxygen atoms in total. The zero-order chi connectivity index (χ0) is 25.1. The number of nitrogens with zero attached hydrogens (tertiary/aromatic N) is 2. The van der Waals surface area contributed by atoms with Crippen molar-refractivity contribution in [1.82, 2.24) is 0 Å². The molecule has 2 unspecified atom stereocenters. The monoisotopic (exact) mass is 488 g/mol. The maximum Gasteiger partial charge on any atom is 0.0655 e. The second kappa shape index (κ2) is 18.1. The van der Waals surface area contributed by atoms with Gasteiger partial charge in [0, 0.05) is 21.6 Å². The Morgan fingerprint density at radius 2 is 1.00 bits per heavy atom. The van der Waals surface area contributed by atoms with Gasteiger partial charge in [0.2, 0.25) is 0 Å². The Kier molecular flexibility index (Phi) is 15.0. The predicted molar refractivity (Wildman–Crippen MR) is 149 cm³/mol. The molecule has 0 bridgehead atoms. The first-order chi connectivity index (χ1) is 17.2. The van der Waals surface area contributed by atoms with Crippen LogP contribution in [0.15, 0.2) is 58.3 Å². The molecule has 0 radical (unpaired) electrons. The standard InChI is InChI=1S/C32H44N2S/c1-3-5-7-15-27(25-33)17-13-21-29-19-9-11-23-31(29)35-32-24-12-10-20-30(32)22-14-18-28(26-34)16-8-6-4-2/h9-12,19-20,23-24,27-28H,3-8,13-18,21-22H2,1-2H3. The summed E-state index contributed by atoms with van der Waals surface area (Å²) in [5.74, 6) is 0.391. The van der Waals surface area contributed by atoms with Crippen LogP contribution in [0.4, 0.5) is 0 Å². The Bertz CT molecular complexity index is 848. The molecule has 0 aromatic heterocycles. The van der Waals surface area contributed by atoms with Crippen LogP contribution in [-0.4, -0.2) is 0 Å². The van der Waals surface area contributed by atoms with Crippen molar-refractivity contribution in [3.05, 3.63) is 59.7 Å². The first-order valence-corrected chi connectivity index (χ1v) is 14.7. The molecule has 0 amide bonds. The lowest BCUT2D eigenvalue weighted by atomic mass is 9.95. The third-order valence-corrected chi connectivity index (χ3v) is 8.08. The van der Waals surface area contributed by atoms with Crippen molar-refractivity contribution >= 4 is 11.8 Å². The van der Waals surface area contributed by atoms with Gasteiger partial charge in [-0.15, -0.1) is 0 Å². The zero-order valence-electron chi connectivity index (χ0n) is 22.0. The summed E-state index contributed by atoms with van der Waals surface area (Å²) in [6, 6.07) is 22.6. The third-order valence-electron chi connectivity index (χ3n) is 6.84. The van der Waals surface area contributed by atoms with Crippen LogP contribution >= 0.6 is 11.8 Å². The van der Waals surface area contributed by atoms with Gasteiger partial charge in [0.1, 0.15) is 0 Å². The molecule has 188 valence electrons. The van der Waals surface area contributed by atoms with Crippen molar-refractivity contribution in [2.45, 2.75) is 114 Å². The van der Waals surface area contributed by atoms with Crippen molar-refractivity contribution < 1.29 is 0 Å². The minimum Gasteiger partial charge on any atom is -0.198 e. The fourth-order valence-electron chi connectivity index (χ4n) is 4.64. The summed E-state index contributed by atoms with van der Waals surface area (Å²) in [6.45, 7) is 4.43. The van der Waals surface area contributed by atoms with Gasteiger partial charge in [0.15, 0.2) is 0 Å². The lowest BCUT2D eigenvalue weighted by molar-refractivity contribution is 0.500. The molecule has 0 N–H and O–H groups in total. The highest BCUT2D eigenvalue weighted by atomic mass is 32.2. The van der Waals surface area contributed by atoms with E-state index in [2.05, 4.69) is 74.5 Å². The van der Waals surface area contributed by atoms with Gasteiger partial charge in [-0.3, -0.25) is 0 Å². The second-order valence-corrected chi connectivity index (χ2v) is 10.8. The van der Waals surface area contributed by atoms with Gasteiger partial charge in [0.25, 0.3) is 0 Å². The lowest BCUT2D eigenvalue weighted by Crippen LogP contribution is -2.00. The van der Waals surface area contributed by atoms with Crippen LogP contribution in [0.5, 0.6) is 0 Å². The van der Waals surface area contributed by atoms with Crippen LogP contribution in [0.2, 0.25) is 0 Å². The average molecular weight is 489 g/mol. The van der Waals surface area contributed by atoms with E-state index >= 15 is 0 Å². The van der Waals surface area contributed by atoms with Gasteiger partial charge in [-0.1, -0.05) is 101 Å². The van der Waals surface area contributed by atoms with E-state index in [9.17, 15) is 10.5 Å². The minimum absolute atomic E-state index is 0.196. The molecule has 35 heavy (non-hydrogen) atoms.